The van der Waals surface area contributed by atoms with Crippen molar-refractivity contribution in [3.05, 3.63) is 52.8 Å². The summed E-state index contributed by atoms with van der Waals surface area (Å²) in [6, 6.07) is 6.08. The minimum absolute atomic E-state index is 0.0938. The van der Waals surface area contributed by atoms with E-state index in [2.05, 4.69) is 9.62 Å². The first-order chi connectivity index (χ1) is 17.6. The third-order valence-corrected chi connectivity index (χ3v) is 9.03. The maximum absolute atomic E-state index is 14.2. The molecule has 3 atom stereocenters. The molecule has 1 saturated heterocycles. The van der Waals surface area contributed by atoms with Gasteiger partial charge in [-0.05, 0) is 73.7 Å². The fourth-order valence-corrected chi connectivity index (χ4v) is 6.84. The first kappa shape index (κ1) is 25.5. The monoisotopic (exact) mass is 531 g/mol. The highest BCUT2D eigenvalue weighted by Gasteiger charge is 2.45. The first-order valence-electron chi connectivity index (χ1n) is 12.4. The third-order valence-electron chi connectivity index (χ3n) is 7.56. The maximum atomic E-state index is 14.2. The topological polar surface area (TPSA) is 116 Å². The van der Waals surface area contributed by atoms with Crippen LogP contribution < -0.4 is 9.46 Å². The van der Waals surface area contributed by atoms with Gasteiger partial charge in [0, 0.05) is 19.5 Å². The van der Waals surface area contributed by atoms with E-state index in [4.69, 9.17) is 4.74 Å². The Hall–Kier alpha value is -3.18. The molecule has 198 valence electrons. The highest BCUT2D eigenvalue weighted by molar-refractivity contribution is 7.92. The molecular weight excluding hydrogens is 501 g/mol. The summed E-state index contributed by atoms with van der Waals surface area (Å²) >= 11 is 0. The van der Waals surface area contributed by atoms with Crippen LogP contribution in [0.1, 0.15) is 53.6 Å². The number of fused-ring (bicyclic) bond motifs is 3. The van der Waals surface area contributed by atoms with Gasteiger partial charge in [0.15, 0.2) is 0 Å². The number of likely N-dealkylation sites (N-methyl/N-ethyl adjacent to an activating group) is 2. The van der Waals surface area contributed by atoms with Gasteiger partial charge in [0.2, 0.25) is 5.91 Å². The van der Waals surface area contributed by atoms with Crippen LogP contribution in [-0.2, 0) is 21.4 Å². The second kappa shape index (κ2) is 9.60. The van der Waals surface area contributed by atoms with E-state index in [1.165, 1.54) is 11.0 Å². The number of carboxylic acid groups (broad SMARTS) is 1. The van der Waals surface area contributed by atoms with E-state index in [0.717, 1.165) is 49.7 Å². The van der Waals surface area contributed by atoms with Gasteiger partial charge in [0.1, 0.15) is 17.1 Å². The standard InChI is InChI=1S/C26H30FN3O6S/c1-3-30-10-4-5-21(30)25(31)29(2)13-15-11-17(27)6-9-22(15)37(34,35)28-20-8-7-18-19-12-16(19)14-36-24(18)23(20)26(32)33/h6-9,11,16,19,21,28H,3-5,10,12-14H2,1-2H3,(H,32,33). The van der Waals surface area contributed by atoms with Crippen molar-refractivity contribution in [2.45, 2.75) is 49.6 Å². The Balaban J connectivity index is 1.44. The predicted octanol–water partition coefficient (Wildman–Crippen LogP) is 3.26. The minimum Gasteiger partial charge on any atom is -0.492 e. The zero-order valence-electron chi connectivity index (χ0n) is 20.7. The summed E-state index contributed by atoms with van der Waals surface area (Å²) in [7, 11) is -2.77. The van der Waals surface area contributed by atoms with Crippen LogP contribution in [0.4, 0.5) is 10.1 Å². The number of carbonyl (C=O) groups is 2. The maximum Gasteiger partial charge on any atom is 0.341 e. The summed E-state index contributed by atoms with van der Waals surface area (Å²) < 4.78 is 49.2. The molecule has 1 saturated carbocycles. The lowest BCUT2D eigenvalue weighted by molar-refractivity contribution is -0.135. The molecule has 5 rings (SSSR count). The SMILES string of the molecule is CCN1CCCC1C(=O)N(C)Cc1cc(F)ccc1S(=O)(=O)Nc1ccc2c(c1C(=O)O)OCC1CC21. The Kier molecular flexibility index (Phi) is 6.61. The van der Waals surface area contributed by atoms with Crippen molar-refractivity contribution in [1.29, 1.82) is 0 Å². The number of benzene rings is 2. The van der Waals surface area contributed by atoms with Gasteiger partial charge >= 0.3 is 5.97 Å². The number of ether oxygens (including phenoxy) is 1. The van der Waals surface area contributed by atoms with Gasteiger partial charge in [-0.1, -0.05) is 13.0 Å². The van der Waals surface area contributed by atoms with Crippen LogP contribution in [0.25, 0.3) is 0 Å². The number of amides is 1. The number of likely N-dealkylation sites (tertiary alicyclic amines) is 1. The number of sulfonamides is 1. The van der Waals surface area contributed by atoms with Crippen molar-refractivity contribution >= 4 is 27.6 Å². The van der Waals surface area contributed by atoms with Crippen LogP contribution in [0, 0.1) is 11.7 Å². The van der Waals surface area contributed by atoms with Crippen LogP contribution >= 0.6 is 0 Å². The summed E-state index contributed by atoms with van der Waals surface area (Å²) in [4.78, 5) is 28.5. The Morgan fingerprint density at radius 3 is 2.78 bits per heavy atom. The molecular formula is C26H30FN3O6S. The molecule has 9 nitrogen and oxygen atoms in total. The van der Waals surface area contributed by atoms with Crippen molar-refractivity contribution in [3.63, 3.8) is 0 Å². The second-order valence-corrected chi connectivity index (χ2v) is 11.6. The zero-order valence-corrected chi connectivity index (χ0v) is 21.6. The highest BCUT2D eigenvalue weighted by atomic mass is 32.2. The molecule has 2 N–H and O–H groups in total. The second-order valence-electron chi connectivity index (χ2n) is 9.96. The van der Waals surface area contributed by atoms with Gasteiger partial charge in [-0.25, -0.2) is 17.6 Å². The number of carbonyl (C=O) groups excluding carboxylic acids is 1. The molecule has 11 heteroatoms. The molecule has 37 heavy (non-hydrogen) atoms. The molecule has 0 radical (unpaired) electrons. The molecule has 2 aromatic carbocycles. The van der Waals surface area contributed by atoms with Crippen LogP contribution in [0.3, 0.4) is 0 Å². The van der Waals surface area contributed by atoms with Crippen LogP contribution in [0.5, 0.6) is 5.75 Å². The number of nitrogens with zero attached hydrogens (tertiary/aromatic N) is 2. The van der Waals surface area contributed by atoms with Gasteiger partial charge in [-0.3, -0.25) is 14.4 Å². The summed E-state index contributed by atoms with van der Waals surface area (Å²) in [5.41, 5.74) is 0.487. The number of hydrogen-bond acceptors (Lipinski definition) is 6. The predicted molar refractivity (Wildman–Crippen MR) is 134 cm³/mol. The fraction of sp³-hybridized carbons (Fsp3) is 0.462. The quantitative estimate of drug-likeness (QED) is 0.537. The number of anilines is 1. The third kappa shape index (κ3) is 4.77. The van der Waals surface area contributed by atoms with Crippen molar-refractivity contribution in [2.75, 3.05) is 31.5 Å². The molecule has 3 unspecified atom stereocenters. The minimum atomic E-state index is -4.34. The Morgan fingerprint density at radius 2 is 2.05 bits per heavy atom. The van der Waals surface area contributed by atoms with Gasteiger partial charge in [-0.15, -0.1) is 0 Å². The van der Waals surface area contributed by atoms with Gasteiger partial charge in [-0.2, -0.15) is 0 Å². The average molecular weight is 532 g/mol. The van der Waals surface area contributed by atoms with Crippen molar-refractivity contribution in [2.24, 2.45) is 5.92 Å². The lowest BCUT2D eigenvalue weighted by Gasteiger charge is -2.27. The molecule has 2 aromatic rings. The lowest BCUT2D eigenvalue weighted by atomic mass is 10.0. The largest absolute Gasteiger partial charge is 0.492 e. The summed E-state index contributed by atoms with van der Waals surface area (Å²) in [6.07, 6.45) is 2.53. The normalized spacial score (nSPS) is 22.5. The molecule has 2 aliphatic heterocycles. The number of nitrogens with one attached hydrogen (secondary N) is 1. The molecule has 1 aliphatic carbocycles. The van der Waals surface area contributed by atoms with E-state index >= 15 is 0 Å². The van der Waals surface area contributed by atoms with E-state index in [0.29, 0.717) is 18.9 Å². The van der Waals surface area contributed by atoms with Gasteiger partial charge in [0.25, 0.3) is 10.0 Å². The molecule has 3 aliphatic rings. The first-order valence-corrected chi connectivity index (χ1v) is 13.9. The van der Waals surface area contributed by atoms with Crippen LogP contribution in [0.2, 0.25) is 0 Å². The number of aromatic carboxylic acids is 1. The summed E-state index contributed by atoms with van der Waals surface area (Å²) in [5.74, 6) is -1.32. The Bertz CT molecular complexity index is 1360. The van der Waals surface area contributed by atoms with Crippen molar-refractivity contribution in [3.8, 4) is 5.75 Å². The Labute approximate surface area is 215 Å². The summed E-state index contributed by atoms with van der Waals surface area (Å²) in [5, 5.41) is 9.89. The fourth-order valence-electron chi connectivity index (χ4n) is 5.55. The molecule has 0 bridgehead atoms. The smallest absolute Gasteiger partial charge is 0.341 e. The van der Waals surface area contributed by atoms with Crippen molar-refractivity contribution < 1.29 is 32.2 Å². The molecule has 2 fully saturated rings. The molecule has 1 amide bonds. The molecule has 0 spiro atoms. The van der Waals surface area contributed by atoms with E-state index in [1.54, 1.807) is 13.1 Å². The van der Waals surface area contributed by atoms with E-state index in [9.17, 15) is 27.5 Å². The number of halogens is 1. The van der Waals surface area contributed by atoms with Gasteiger partial charge < -0.3 is 14.7 Å². The molecule has 0 aromatic heterocycles. The van der Waals surface area contributed by atoms with E-state index in [1.807, 2.05) is 6.92 Å². The lowest BCUT2D eigenvalue weighted by Crippen LogP contribution is -2.43. The number of carboxylic acids is 1. The van der Waals surface area contributed by atoms with Crippen LogP contribution in [0.15, 0.2) is 35.2 Å². The average Bonchev–Trinajstić information content (AvgIpc) is 3.49. The Morgan fingerprint density at radius 1 is 1.27 bits per heavy atom. The zero-order chi connectivity index (χ0) is 26.5. The number of hydrogen-bond donors (Lipinski definition) is 2. The van der Waals surface area contributed by atoms with E-state index in [-0.39, 0.29) is 51.9 Å². The van der Waals surface area contributed by atoms with Gasteiger partial charge in [0.05, 0.1) is 23.2 Å². The summed E-state index contributed by atoms with van der Waals surface area (Å²) in [6.45, 7) is 3.80. The molecule has 2 heterocycles. The van der Waals surface area contributed by atoms with Crippen molar-refractivity contribution in [1.82, 2.24) is 9.80 Å². The highest BCUT2D eigenvalue weighted by Crippen LogP contribution is 2.55. The van der Waals surface area contributed by atoms with Crippen LogP contribution in [-0.4, -0.2) is 68.0 Å². The van der Waals surface area contributed by atoms with E-state index < -0.39 is 21.8 Å². The number of rotatable bonds is 8.